The molecule has 1 heterocycles. The fourth-order valence-electron chi connectivity index (χ4n) is 2.37. The van der Waals surface area contributed by atoms with Gasteiger partial charge in [-0.05, 0) is 36.8 Å². The van der Waals surface area contributed by atoms with E-state index in [-0.39, 0.29) is 16.5 Å². The fourth-order valence-corrected chi connectivity index (χ4v) is 3.99. The van der Waals surface area contributed by atoms with Crippen LogP contribution in [0.1, 0.15) is 17.9 Å². The fraction of sp³-hybridized carbons (Fsp3) is 0.188. The SMILES string of the molecule is CC1SC(c2ccc(Cl)cc2)N(c2ccccc2Cl)C1=O. The number of anilines is 1. The molecule has 0 saturated carbocycles. The Morgan fingerprint density at radius 3 is 2.38 bits per heavy atom. The summed E-state index contributed by atoms with van der Waals surface area (Å²) in [7, 11) is 0. The molecule has 2 aromatic rings. The van der Waals surface area contributed by atoms with E-state index in [1.807, 2.05) is 49.4 Å². The number of hydrogen-bond donors (Lipinski definition) is 0. The summed E-state index contributed by atoms with van der Waals surface area (Å²) < 4.78 is 0. The predicted octanol–water partition coefficient (Wildman–Crippen LogP) is 5.16. The van der Waals surface area contributed by atoms with Crippen LogP contribution in [0, 0.1) is 0 Å². The lowest BCUT2D eigenvalue weighted by Crippen LogP contribution is -2.30. The maximum absolute atomic E-state index is 12.5. The molecule has 1 saturated heterocycles. The third-order valence-electron chi connectivity index (χ3n) is 3.42. The summed E-state index contributed by atoms with van der Waals surface area (Å²) in [5.74, 6) is 0.0769. The average Bonchev–Trinajstić information content (AvgIpc) is 2.77. The molecule has 1 aliphatic rings. The van der Waals surface area contributed by atoms with Gasteiger partial charge in [0, 0.05) is 5.02 Å². The minimum absolute atomic E-state index is 0.0769. The first-order valence-electron chi connectivity index (χ1n) is 6.56. The molecule has 1 fully saturated rings. The van der Waals surface area contributed by atoms with Gasteiger partial charge in [-0.15, -0.1) is 11.8 Å². The molecule has 21 heavy (non-hydrogen) atoms. The molecule has 0 radical (unpaired) electrons. The first-order valence-corrected chi connectivity index (χ1v) is 8.26. The van der Waals surface area contributed by atoms with Crippen LogP contribution in [0.4, 0.5) is 5.69 Å². The van der Waals surface area contributed by atoms with Crippen LogP contribution >= 0.6 is 35.0 Å². The van der Waals surface area contributed by atoms with Crippen molar-refractivity contribution in [1.82, 2.24) is 0 Å². The molecular weight excluding hydrogens is 325 g/mol. The predicted molar refractivity (Wildman–Crippen MR) is 90.2 cm³/mol. The molecule has 5 heteroatoms. The zero-order chi connectivity index (χ0) is 15.0. The van der Waals surface area contributed by atoms with Crippen LogP contribution in [0.3, 0.4) is 0 Å². The van der Waals surface area contributed by atoms with E-state index in [0.29, 0.717) is 10.0 Å². The number of carbonyl (C=O) groups is 1. The number of hydrogen-bond acceptors (Lipinski definition) is 2. The van der Waals surface area contributed by atoms with Crippen molar-refractivity contribution >= 4 is 46.6 Å². The molecule has 2 nitrogen and oxygen atoms in total. The van der Waals surface area contributed by atoms with Crippen molar-refractivity contribution in [3.63, 3.8) is 0 Å². The van der Waals surface area contributed by atoms with E-state index in [9.17, 15) is 4.79 Å². The second-order valence-corrected chi connectivity index (χ2v) is 7.11. The van der Waals surface area contributed by atoms with Gasteiger partial charge in [0.05, 0.1) is 16.0 Å². The number of thioether (sulfide) groups is 1. The van der Waals surface area contributed by atoms with Gasteiger partial charge >= 0.3 is 0 Å². The molecular formula is C16H13Cl2NOS. The van der Waals surface area contributed by atoms with Gasteiger partial charge in [-0.3, -0.25) is 9.69 Å². The molecule has 1 amide bonds. The van der Waals surface area contributed by atoms with Crippen LogP contribution in [-0.4, -0.2) is 11.2 Å². The summed E-state index contributed by atoms with van der Waals surface area (Å²) in [6.45, 7) is 1.92. The standard InChI is InChI=1S/C16H13Cl2NOS/c1-10-15(20)19(14-5-3-2-4-13(14)18)16(21-10)11-6-8-12(17)9-7-11/h2-10,16H,1H3. The van der Waals surface area contributed by atoms with Crippen molar-refractivity contribution in [2.24, 2.45) is 0 Å². The van der Waals surface area contributed by atoms with Crippen molar-refractivity contribution in [3.05, 3.63) is 64.1 Å². The zero-order valence-corrected chi connectivity index (χ0v) is 13.6. The minimum Gasteiger partial charge on any atom is -0.293 e. The van der Waals surface area contributed by atoms with Crippen LogP contribution in [-0.2, 0) is 4.79 Å². The Hall–Kier alpha value is -1.16. The Morgan fingerprint density at radius 2 is 1.71 bits per heavy atom. The number of rotatable bonds is 2. The molecule has 3 rings (SSSR count). The van der Waals surface area contributed by atoms with Gasteiger partial charge in [0.25, 0.3) is 0 Å². The number of para-hydroxylation sites is 1. The second kappa shape index (κ2) is 5.91. The van der Waals surface area contributed by atoms with E-state index in [2.05, 4.69) is 0 Å². The van der Waals surface area contributed by atoms with Gasteiger partial charge in [0.2, 0.25) is 5.91 Å². The highest BCUT2D eigenvalue weighted by molar-refractivity contribution is 8.01. The van der Waals surface area contributed by atoms with Crippen molar-refractivity contribution in [2.45, 2.75) is 17.5 Å². The maximum atomic E-state index is 12.5. The van der Waals surface area contributed by atoms with Gasteiger partial charge in [-0.25, -0.2) is 0 Å². The van der Waals surface area contributed by atoms with Crippen molar-refractivity contribution < 1.29 is 4.79 Å². The summed E-state index contributed by atoms with van der Waals surface area (Å²) >= 11 is 13.8. The first kappa shape index (κ1) is 14.8. The number of carbonyl (C=O) groups excluding carboxylic acids is 1. The number of halogens is 2. The van der Waals surface area contributed by atoms with Crippen LogP contribution in [0.2, 0.25) is 10.0 Å². The van der Waals surface area contributed by atoms with Gasteiger partial charge in [-0.2, -0.15) is 0 Å². The molecule has 0 N–H and O–H groups in total. The number of amides is 1. The van der Waals surface area contributed by atoms with E-state index in [1.165, 1.54) is 0 Å². The Balaban J connectivity index is 2.05. The average molecular weight is 338 g/mol. The zero-order valence-electron chi connectivity index (χ0n) is 11.3. The summed E-state index contributed by atoms with van der Waals surface area (Å²) in [5, 5.41) is 1.09. The van der Waals surface area contributed by atoms with E-state index in [1.54, 1.807) is 22.7 Å². The third kappa shape index (κ3) is 2.78. The Morgan fingerprint density at radius 1 is 1.05 bits per heavy atom. The lowest BCUT2D eigenvalue weighted by Gasteiger charge is -2.25. The van der Waals surface area contributed by atoms with Crippen molar-refractivity contribution in [3.8, 4) is 0 Å². The minimum atomic E-state index is -0.0954. The van der Waals surface area contributed by atoms with Gasteiger partial charge < -0.3 is 0 Å². The maximum Gasteiger partial charge on any atom is 0.241 e. The van der Waals surface area contributed by atoms with E-state index >= 15 is 0 Å². The van der Waals surface area contributed by atoms with E-state index in [0.717, 1.165) is 11.3 Å². The molecule has 108 valence electrons. The molecule has 0 aliphatic carbocycles. The van der Waals surface area contributed by atoms with Crippen molar-refractivity contribution in [1.29, 1.82) is 0 Å². The van der Waals surface area contributed by atoms with Gasteiger partial charge in [0.1, 0.15) is 5.37 Å². The first-order chi connectivity index (χ1) is 10.1. The smallest absolute Gasteiger partial charge is 0.241 e. The normalized spacial score (nSPS) is 21.9. The lowest BCUT2D eigenvalue weighted by molar-refractivity contribution is -0.117. The van der Waals surface area contributed by atoms with E-state index in [4.69, 9.17) is 23.2 Å². The molecule has 0 bridgehead atoms. The lowest BCUT2D eigenvalue weighted by atomic mass is 10.2. The molecule has 1 aliphatic heterocycles. The third-order valence-corrected chi connectivity index (χ3v) is 5.34. The Kier molecular flexibility index (Phi) is 4.16. The largest absolute Gasteiger partial charge is 0.293 e. The van der Waals surface area contributed by atoms with Gasteiger partial charge in [-0.1, -0.05) is 47.5 Å². The Labute approximate surface area is 138 Å². The van der Waals surface area contributed by atoms with Crippen LogP contribution in [0.15, 0.2) is 48.5 Å². The summed E-state index contributed by atoms with van der Waals surface area (Å²) in [6.07, 6.45) is 0. The summed E-state index contributed by atoms with van der Waals surface area (Å²) in [6, 6.07) is 15.0. The molecule has 0 aromatic heterocycles. The Bertz CT molecular complexity index is 674. The number of nitrogens with zero attached hydrogens (tertiary/aromatic N) is 1. The molecule has 2 unspecified atom stereocenters. The van der Waals surface area contributed by atoms with Crippen LogP contribution in [0.5, 0.6) is 0 Å². The number of benzene rings is 2. The highest BCUT2D eigenvalue weighted by Crippen LogP contribution is 2.47. The van der Waals surface area contributed by atoms with Crippen molar-refractivity contribution in [2.75, 3.05) is 4.90 Å². The van der Waals surface area contributed by atoms with Gasteiger partial charge in [0.15, 0.2) is 0 Å². The molecule has 2 aromatic carbocycles. The summed E-state index contributed by atoms with van der Waals surface area (Å²) in [4.78, 5) is 14.3. The highest BCUT2D eigenvalue weighted by Gasteiger charge is 2.40. The monoisotopic (exact) mass is 337 g/mol. The second-order valence-electron chi connectivity index (χ2n) is 4.84. The molecule has 2 atom stereocenters. The van der Waals surface area contributed by atoms with Crippen LogP contribution in [0.25, 0.3) is 0 Å². The summed E-state index contributed by atoms with van der Waals surface area (Å²) in [5.41, 5.74) is 1.79. The van der Waals surface area contributed by atoms with Crippen LogP contribution < -0.4 is 4.90 Å². The van der Waals surface area contributed by atoms with E-state index < -0.39 is 0 Å². The topological polar surface area (TPSA) is 20.3 Å². The highest BCUT2D eigenvalue weighted by atomic mass is 35.5. The molecule has 0 spiro atoms. The quantitative estimate of drug-likeness (QED) is 0.754.